The fourth-order valence-corrected chi connectivity index (χ4v) is 1.85. The molecule has 2 aliphatic heterocycles. The molecule has 2 aliphatic rings. The maximum absolute atomic E-state index is 11.6. The van der Waals surface area contributed by atoms with Gasteiger partial charge in [-0.05, 0) is 13.8 Å². The molecule has 0 spiro atoms. The molecular weight excluding hydrogens is 180 g/mol. The van der Waals surface area contributed by atoms with E-state index in [1.807, 2.05) is 4.90 Å². The zero-order valence-electron chi connectivity index (χ0n) is 8.90. The highest BCUT2D eigenvalue weighted by Crippen LogP contribution is 2.15. The van der Waals surface area contributed by atoms with Gasteiger partial charge in [-0.3, -0.25) is 9.69 Å². The van der Waals surface area contributed by atoms with Crippen LogP contribution in [0.4, 0.5) is 0 Å². The zero-order chi connectivity index (χ0) is 10.1. The van der Waals surface area contributed by atoms with Crippen LogP contribution in [-0.2, 0) is 9.53 Å². The number of epoxide rings is 1. The van der Waals surface area contributed by atoms with Crippen LogP contribution < -0.4 is 0 Å². The van der Waals surface area contributed by atoms with E-state index in [1.165, 1.54) is 0 Å². The van der Waals surface area contributed by atoms with Gasteiger partial charge in [0.05, 0.1) is 6.61 Å². The van der Waals surface area contributed by atoms with Crippen LogP contribution >= 0.6 is 0 Å². The topological polar surface area (TPSA) is 36.1 Å². The number of hydrogen-bond donors (Lipinski definition) is 0. The van der Waals surface area contributed by atoms with E-state index in [2.05, 4.69) is 18.7 Å². The Morgan fingerprint density at radius 1 is 1.29 bits per heavy atom. The number of nitrogens with zero attached hydrogens (tertiary/aromatic N) is 2. The first kappa shape index (κ1) is 9.93. The molecule has 0 saturated carbocycles. The van der Waals surface area contributed by atoms with Crippen LogP contribution in [0.3, 0.4) is 0 Å². The molecule has 2 fully saturated rings. The molecule has 14 heavy (non-hydrogen) atoms. The van der Waals surface area contributed by atoms with Gasteiger partial charge in [-0.1, -0.05) is 0 Å². The van der Waals surface area contributed by atoms with Crippen LogP contribution in [0.5, 0.6) is 0 Å². The van der Waals surface area contributed by atoms with E-state index in [9.17, 15) is 4.79 Å². The Morgan fingerprint density at radius 3 is 2.29 bits per heavy atom. The van der Waals surface area contributed by atoms with Crippen molar-refractivity contribution >= 4 is 5.91 Å². The standard InChI is InChI=1S/C10H18N2O2/c1-8(2)11-3-5-12(6-4-11)10(13)9-7-14-9/h8-9H,3-7H2,1-2H3. The van der Waals surface area contributed by atoms with E-state index in [0.29, 0.717) is 12.6 Å². The molecule has 1 atom stereocenters. The number of carbonyl (C=O) groups excluding carboxylic acids is 1. The van der Waals surface area contributed by atoms with E-state index in [4.69, 9.17) is 4.74 Å². The molecule has 2 heterocycles. The molecule has 0 aromatic rings. The molecule has 80 valence electrons. The number of rotatable bonds is 2. The highest BCUT2D eigenvalue weighted by Gasteiger charge is 2.36. The van der Waals surface area contributed by atoms with Crippen molar-refractivity contribution in [3.05, 3.63) is 0 Å². The summed E-state index contributed by atoms with van der Waals surface area (Å²) in [5, 5.41) is 0. The highest BCUT2D eigenvalue weighted by atomic mass is 16.6. The molecule has 1 amide bonds. The van der Waals surface area contributed by atoms with Crippen molar-refractivity contribution in [3.8, 4) is 0 Å². The molecular formula is C10H18N2O2. The number of piperazine rings is 1. The van der Waals surface area contributed by atoms with Gasteiger partial charge < -0.3 is 9.64 Å². The Labute approximate surface area is 84.8 Å². The van der Waals surface area contributed by atoms with E-state index >= 15 is 0 Å². The normalized spacial score (nSPS) is 28.2. The molecule has 4 nitrogen and oxygen atoms in total. The average molecular weight is 198 g/mol. The molecule has 0 N–H and O–H groups in total. The van der Waals surface area contributed by atoms with Crippen molar-refractivity contribution in [1.82, 2.24) is 9.80 Å². The minimum atomic E-state index is -0.111. The molecule has 0 aliphatic carbocycles. The summed E-state index contributed by atoms with van der Waals surface area (Å²) in [4.78, 5) is 15.9. The third kappa shape index (κ3) is 2.07. The predicted molar refractivity (Wildman–Crippen MR) is 53.0 cm³/mol. The molecule has 0 aromatic carbocycles. The third-order valence-corrected chi connectivity index (χ3v) is 2.97. The maximum atomic E-state index is 11.6. The van der Waals surface area contributed by atoms with E-state index in [-0.39, 0.29) is 12.0 Å². The Kier molecular flexibility index (Phi) is 2.74. The molecule has 0 aromatic heterocycles. The van der Waals surface area contributed by atoms with Crippen molar-refractivity contribution in [3.63, 3.8) is 0 Å². The molecule has 2 saturated heterocycles. The van der Waals surface area contributed by atoms with Gasteiger partial charge >= 0.3 is 0 Å². The van der Waals surface area contributed by atoms with Crippen molar-refractivity contribution in [1.29, 1.82) is 0 Å². The molecule has 2 rings (SSSR count). The Hall–Kier alpha value is -0.610. The van der Waals surface area contributed by atoms with Gasteiger partial charge in [0, 0.05) is 32.2 Å². The largest absolute Gasteiger partial charge is 0.363 e. The lowest BCUT2D eigenvalue weighted by Gasteiger charge is -2.36. The highest BCUT2D eigenvalue weighted by molar-refractivity contribution is 5.83. The van der Waals surface area contributed by atoms with Crippen LogP contribution in [0.15, 0.2) is 0 Å². The molecule has 0 radical (unpaired) electrons. The molecule has 0 bridgehead atoms. The fourth-order valence-electron chi connectivity index (χ4n) is 1.85. The van der Waals surface area contributed by atoms with Gasteiger partial charge in [0.2, 0.25) is 0 Å². The Morgan fingerprint density at radius 2 is 1.86 bits per heavy atom. The lowest BCUT2D eigenvalue weighted by Crippen LogP contribution is -2.51. The smallest absolute Gasteiger partial charge is 0.254 e. The summed E-state index contributed by atoms with van der Waals surface area (Å²) < 4.78 is 4.99. The lowest BCUT2D eigenvalue weighted by molar-refractivity contribution is -0.134. The summed E-state index contributed by atoms with van der Waals surface area (Å²) in [6, 6.07) is 0.587. The van der Waals surface area contributed by atoms with Crippen molar-refractivity contribution in [2.45, 2.75) is 26.0 Å². The summed E-state index contributed by atoms with van der Waals surface area (Å²) in [6.07, 6.45) is -0.111. The van der Waals surface area contributed by atoms with Gasteiger partial charge in [0.1, 0.15) is 0 Å². The monoisotopic (exact) mass is 198 g/mol. The number of amides is 1. The molecule has 4 heteroatoms. The van der Waals surface area contributed by atoms with Crippen LogP contribution in [0.25, 0.3) is 0 Å². The second kappa shape index (κ2) is 3.87. The molecule has 1 unspecified atom stereocenters. The maximum Gasteiger partial charge on any atom is 0.254 e. The number of carbonyl (C=O) groups is 1. The van der Waals surface area contributed by atoms with Crippen molar-refractivity contribution < 1.29 is 9.53 Å². The number of hydrogen-bond acceptors (Lipinski definition) is 3. The lowest BCUT2D eigenvalue weighted by atomic mass is 10.2. The van der Waals surface area contributed by atoms with Gasteiger partial charge in [0.15, 0.2) is 6.10 Å². The van der Waals surface area contributed by atoms with Gasteiger partial charge in [0.25, 0.3) is 5.91 Å². The van der Waals surface area contributed by atoms with Gasteiger partial charge in [-0.25, -0.2) is 0 Å². The van der Waals surface area contributed by atoms with Crippen LogP contribution in [0.2, 0.25) is 0 Å². The zero-order valence-corrected chi connectivity index (χ0v) is 8.90. The average Bonchev–Trinajstić information content (AvgIpc) is 3.00. The third-order valence-electron chi connectivity index (χ3n) is 2.97. The minimum Gasteiger partial charge on any atom is -0.363 e. The van der Waals surface area contributed by atoms with Gasteiger partial charge in [-0.2, -0.15) is 0 Å². The van der Waals surface area contributed by atoms with E-state index < -0.39 is 0 Å². The van der Waals surface area contributed by atoms with Crippen LogP contribution in [0.1, 0.15) is 13.8 Å². The fraction of sp³-hybridized carbons (Fsp3) is 0.900. The van der Waals surface area contributed by atoms with Crippen molar-refractivity contribution in [2.24, 2.45) is 0 Å². The summed E-state index contributed by atoms with van der Waals surface area (Å²) in [6.45, 7) is 8.73. The minimum absolute atomic E-state index is 0.111. The first-order valence-corrected chi connectivity index (χ1v) is 5.33. The SMILES string of the molecule is CC(C)N1CCN(C(=O)C2CO2)CC1. The van der Waals surface area contributed by atoms with E-state index in [1.54, 1.807) is 0 Å². The summed E-state index contributed by atoms with van der Waals surface area (Å²) in [7, 11) is 0. The predicted octanol–water partition coefficient (Wildman–Crippen LogP) is -0.0622. The second-order valence-electron chi connectivity index (χ2n) is 4.28. The summed E-state index contributed by atoms with van der Waals surface area (Å²) in [5.41, 5.74) is 0. The van der Waals surface area contributed by atoms with Crippen LogP contribution in [0, 0.1) is 0 Å². The number of ether oxygens (including phenoxy) is 1. The van der Waals surface area contributed by atoms with E-state index in [0.717, 1.165) is 26.2 Å². The quantitative estimate of drug-likeness (QED) is 0.583. The summed E-state index contributed by atoms with van der Waals surface area (Å²) in [5.74, 6) is 0.188. The summed E-state index contributed by atoms with van der Waals surface area (Å²) >= 11 is 0. The van der Waals surface area contributed by atoms with Crippen LogP contribution in [-0.4, -0.2) is 60.6 Å². The van der Waals surface area contributed by atoms with Gasteiger partial charge in [-0.15, -0.1) is 0 Å². The van der Waals surface area contributed by atoms with Crippen molar-refractivity contribution in [2.75, 3.05) is 32.8 Å². The Balaban J connectivity index is 1.80. The first-order valence-electron chi connectivity index (χ1n) is 5.33. The Bertz CT molecular complexity index is 218. The first-order chi connectivity index (χ1) is 6.68. The second-order valence-corrected chi connectivity index (χ2v) is 4.28.